The van der Waals surface area contributed by atoms with Gasteiger partial charge in [-0.15, -0.1) is 0 Å². The summed E-state index contributed by atoms with van der Waals surface area (Å²) in [5.41, 5.74) is 1.76. The first-order valence-corrected chi connectivity index (χ1v) is 10.9. The summed E-state index contributed by atoms with van der Waals surface area (Å²) in [6.07, 6.45) is 3.48. The standard InChI is InChI=1S/C25H22BN3O4/c1-14-10-18-24(31)19(23(30)16-6-7-20-21(11-16)33-9-8-32-20)13-29(25(18)27-15(14)2)12-17-4-3-5-22(26)28-17/h3-7,10-11,13-15H,8-9,12H2,1-2H3. The van der Waals surface area contributed by atoms with Crippen molar-refractivity contribution < 1.29 is 14.3 Å². The van der Waals surface area contributed by atoms with E-state index in [-0.39, 0.29) is 28.7 Å². The van der Waals surface area contributed by atoms with Gasteiger partial charge in [0.05, 0.1) is 29.1 Å². The Morgan fingerprint density at radius 2 is 1.94 bits per heavy atom. The second-order valence-corrected chi connectivity index (χ2v) is 8.37. The zero-order chi connectivity index (χ0) is 23.1. The Hall–Kier alpha value is -3.68. The number of pyridine rings is 2. The van der Waals surface area contributed by atoms with Gasteiger partial charge >= 0.3 is 0 Å². The van der Waals surface area contributed by atoms with Crippen molar-refractivity contribution in [2.75, 3.05) is 13.2 Å². The normalized spacial score (nSPS) is 18.6. The summed E-state index contributed by atoms with van der Waals surface area (Å²) in [7, 11) is 5.85. The fourth-order valence-corrected chi connectivity index (χ4v) is 4.07. The van der Waals surface area contributed by atoms with Crippen LogP contribution in [0.4, 0.5) is 0 Å². The summed E-state index contributed by atoms with van der Waals surface area (Å²) < 4.78 is 13.0. The van der Waals surface area contributed by atoms with Crippen LogP contribution in [0.5, 0.6) is 11.5 Å². The average Bonchev–Trinajstić information content (AvgIpc) is 2.81. The molecule has 2 unspecified atom stereocenters. The lowest BCUT2D eigenvalue weighted by Crippen LogP contribution is -2.51. The molecule has 0 saturated heterocycles. The minimum Gasteiger partial charge on any atom is -0.486 e. The van der Waals surface area contributed by atoms with Crippen molar-refractivity contribution in [1.29, 1.82) is 0 Å². The van der Waals surface area contributed by atoms with Gasteiger partial charge in [-0.25, -0.2) is 0 Å². The highest BCUT2D eigenvalue weighted by Gasteiger charge is 2.22. The maximum atomic E-state index is 13.5. The Balaban J connectivity index is 1.66. The van der Waals surface area contributed by atoms with Crippen molar-refractivity contribution in [2.24, 2.45) is 10.9 Å². The van der Waals surface area contributed by atoms with Gasteiger partial charge in [0, 0.05) is 11.8 Å². The number of rotatable bonds is 4. The molecule has 0 N–H and O–H groups in total. The van der Waals surface area contributed by atoms with Gasteiger partial charge in [-0.05, 0) is 42.7 Å². The first kappa shape index (κ1) is 21.2. The first-order chi connectivity index (χ1) is 15.9. The average molecular weight is 439 g/mol. The highest BCUT2D eigenvalue weighted by molar-refractivity contribution is 6.30. The Labute approximate surface area is 191 Å². The van der Waals surface area contributed by atoms with E-state index in [2.05, 4.69) is 4.98 Å². The van der Waals surface area contributed by atoms with Gasteiger partial charge in [-0.3, -0.25) is 19.6 Å². The highest BCUT2D eigenvalue weighted by Crippen LogP contribution is 2.31. The van der Waals surface area contributed by atoms with Crippen molar-refractivity contribution in [3.63, 3.8) is 0 Å². The quantitative estimate of drug-likeness (QED) is 0.438. The van der Waals surface area contributed by atoms with Gasteiger partial charge in [-0.2, -0.15) is 0 Å². The third-order valence-corrected chi connectivity index (χ3v) is 6.01. The van der Waals surface area contributed by atoms with Crippen molar-refractivity contribution >= 4 is 25.3 Å². The van der Waals surface area contributed by atoms with Gasteiger partial charge in [0.25, 0.3) is 0 Å². The molecule has 2 aliphatic heterocycles. The zero-order valence-electron chi connectivity index (χ0n) is 18.4. The Morgan fingerprint density at radius 3 is 2.73 bits per heavy atom. The van der Waals surface area contributed by atoms with E-state index in [9.17, 15) is 9.59 Å². The molecule has 0 saturated carbocycles. The zero-order valence-corrected chi connectivity index (χ0v) is 18.4. The topological polar surface area (TPSA) is 82.8 Å². The van der Waals surface area contributed by atoms with Crippen molar-refractivity contribution in [2.45, 2.75) is 26.4 Å². The van der Waals surface area contributed by atoms with Crippen molar-refractivity contribution in [1.82, 2.24) is 9.55 Å². The van der Waals surface area contributed by atoms with Crippen LogP contribution in [0, 0.1) is 5.92 Å². The molecule has 0 bridgehead atoms. The van der Waals surface area contributed by atoms with Gasteiger partial charge < -0.3 is 14.0 Å². The molecule has 0 aliphatic carbocycles. The fourth-order valence-electron chi connectivity index (χ4n) is 4.07. The number of fused-ring (bicyclic) bond motifs is 2. The van der Waals surface area contributed by atoms with Crippen LogP contribution in [0.2, 0.25) is 0 Å². The smallest absolute Gasteiger partial charge is 0.201 e. The largest absolute Gasteiger partial charge is 0.486 e. The predicted octanol–water partition coefficient (Wildman–Crippen LogP) is 0.526. The van der Waals surface area contributed by atoms with Crippen LogP contribution in [0.15, 0.2) is 52.4 Å². The van der Waals surface area contributed by atoms with Crippen LogP contribution in [0.25, 0.3) is 6.08 Å². The molecule has 2 aromatic heterocycles. The summed E-state index contributed by atoms with van der Waals surface area (Å²) in [5, 5.41) is 0.438. The van der Waals surface area contributed by atoms with Crippen molar-refractivity contribution in [3.05, 3.63) is 80.3 Å². The lowest BCUT2D eigenvalue weighted by Gasteiger charge is -2.20. The number of ketones is 1. The molecular weight excluding hydrogens is 417 g/mol. The predicted molar refractivity (Wildman–Crippen MR) is 124 cm³/mol. The molecule has 2 aliphatic rings. The van der Waals surface area contributed by atoms with E-state index in [1.165, 1.54) is 0 Å². The maximum Gasteiger partial charge on any atom is 0.201 e. The number of benzene rings is 1. The lowest BCUT2D eigenvalue weighted by atomic mass is 9.98. The molecule has 0 spiro atoms. The summed E-state index contributed by atoms with van der Waals surface area (Å²) in [5.74, 6) is 0.777. The monoisotopic (exact) mass is 439 g/mol. The number of hydrogen-bond donors (Lipinski definition) is 0. The van der Waals surface area contributed by atoms with E-state index in [0.29, 0.717) is 58.8 Å². The second kappa shape index (κ2) is 8.35. The van der Waals surface area contributed by atoms with Crippen LogP contribution in [0.1, 0.15) is 35.5 Å². The molecule has 4 heterocycles. The van der Waals surface area contributed by atoms with Gasteiger partial charge in [-0.1, -0.05) is 25.1 Å². The number of aromatic nitrogens is 2. The Morgan fingerprint density at radius 1 is 1.15 bits per heavy atom. The summed E-state index contributed by atoms with van der Waals surface area (Å²) in [6.45, 7) is 5.22. The van der Waals surface area contributed by atoms with Crippen LogP contribution < -0.4 is 31.2 Å². The van der Waals surface area contributed by atoms with Gasteiger partial charge in [0.2, 0.25) is 5.43 Å². The molecule has 1 aromatic carbocycles. The molecule has 3 aromatic rings. The number of carbonyl (C=O) groups is 1. The minimum absolute atomic E-state index is 0.0105. The molecule has 7 nitrogen and oxygen atoms in total. The van der Waals surface area contributed by atoms with Gasteiger partial charge in [0.15, 0.2) is 17.3 Å². The van der Waals surface area contributed by atoms with E-state index in [0.717, 1.165) is 0 Å². The van der Waals surface area contributed by atoms with E-state index < -0.39 is 0 Å². The lowest BCUT2D eigenvalue weighted by molar-refractivity contribution is 0.103. The third kappa shape index (κ3) is 3.97. The first-order valence-electron chi connectivity index (χ1n) is 10.9. The van der Waals surface area contributed by atoms with Crippen LogP contribution in [0.3, 0.4) is 0 Å². The molecule has 8 heteroatoms. The summed E-state index contributed by atoms with van der Waals surface area (Å²) >= 11 is 0. The molecule has 33 heavy (non-hydrogen) atoms. The van der Waals surface area contributed by atoms with E-state index in [1.54, 1.807) is 30.5 Å². The number of ether oxygens (including phenoxy) is 2. The van der Waals surface area contributed by atoms with E-state index in [1.807, 2.05) is 36.6 Å². The van der Waals surface area contributed by atoms with E-state index >= 15 is 0 Å². The summed E-state index contributed by atoms with van der Waals surface area (Å²) in [6, 6.07) is 10.4. The molecular formula is C25H22BN3O4. The van der Waals surface area contributed by atoms with Crippen LogP contribution in [-0.2, 0) is 6.54 Å². The Bertz CT molecular complexity index is 1450. The number of hydrogen-bond acceptors (Lipinski definition) is 6. The molecule has 164 valence electrons. The SMILES string of the molecule is [B]c1cccc(Cn2cc(C(=O)c3ccc4c(c3)OCCO4)c(=O)c3c2=NC(C)C(C)C=3)n1. The minimum atomic E-state index is -0.381. The second-order valence-electron chi connectivity index (χ2n) is 8.37. The maximum absolute atomic E-state index is 13.5. The van der Waals surface area contributed by atoms with Crippen molar-refractivity contribution in [3.8, 4) is 11.5 Å². The summed E-state index contributed by atoms with van der Waals surface area (Å²) in [4.78, 5) is 36.0. The molecule has 0 fully saturated rings. The van der Waals surface area contributed by atoms with Crippen LogP contribution in [-0.4, -0.2) is 42.4 Å². The molecule has 5 rings (SSSR count). The Kier molecular flexibility index (Phi) is 5.36. The third-order valence-electron chi connectivity index (χ3n) is 6.01. The number of nitrogens with zero attached hydrogens (tertiary/aromatic N) is 3. The molecule has 2 atom stereocenters. The number of carbonyl (C=O) groups excluding carboxylic acids is 1. The van der Waals surface area contributed by atoms with Gasteiger partial charge in [0.1, 0.15) is 26.5 Å². The van der Waals surface area contributed by atoms with Crippen LogP contribution >= 0.6 is 0 Å². The molecule has 2 radical (unpaired) electrons. The molecule has 0 amide bonds. The fraction of sp³-hybridized carbons (Fsp3) is 0.280. The highest BCUT2D eigenvalue weighted by atomic mass is 16.6. The van der Waals surface area contributed by atoms with E-state index in [4.69, 9.17) is 22.3 Å².